The Morgan fingerprint density at radius 2 is 1.78 bits per heavy atom. The highest BCUT2D eigenvalue weighted by atomic mass is 32.1. The fourth-order valence-electron chi connectivity index (χ4n) is 2.28. The van der Waals surface area contributed by atoms with Crippen LogP contribution in [0.4, 0.5) is 5.69 Å². The molecule has 0 radical (unpaired) electrons. The number of nitrogens with one attached hydrogen (secondary N) is 1. The zero-order chi connectivity index (χ0) is 16.6. The molecule has 0 aliphatic carbocycles. The van der Waals surface area contributed by atoms with Gasteiger partial charge in [0.2, 0.25) is 0 Å². The average Bonchev–Trinajstić information content (AvgIpc) is 2.54. The lowest BCUT2D eigenvalue weighted by molar-refractivity contribution is -0.385. The third-order valence-electron chi connectivity index (χ3n) is 3.34. The van der Waals surface area contributed by atoms with Crippen LogP contribution >= 0.6 is 12.2 Å². The van der Waals surface area contributed by atoms with Crippen molar-refractivity contribution < 1.29 is 9.72 Å². The van der Waals surface area contributed by atoms with Crippen molar-refractivity contribution in [3.05, 3.63) is 79.3 Å². The van der Waals surface area contributed by atoms with Gasteiger partial charge in [0.25, 0.3) is 17.2 Å². The average molecular weight is 327 g/mol. The molecule has 1 heterocycles. The molecule has 0 bridgehead atoms. The summed E-state index contributed by atoms with van der Waals surface area (Å²) in [5.74, 6) is -0.839. The molecule has 0 fully saturated rings. The Labute approximate surface area is 134 Å². The van der Waals surface area contributed by atoms with E-state index in [1.165, 1.54) is 24.3 Å². The van der Waals surface area contributed by atoms with Crippen LogP contribution in [0.5, 0.6) is 0 Å². The number of nitro benzene ring substituents is 1. The summed E-state index contributed by atoms with van der Waals surface area (Å²) in [6.07, 6.45) is 0. The summed E-state index contributed by atoms with van der Waals surface area (Å²) in [4.78, 5) is 38.3. The highest BCUT2D eigenvalue weighted by Gasteiger charge is 2.23. The SMILES string of the molecule is O=C(c1ccccc1[N+](=O)[O-])n1c(=S)[nH]c2ccccc2c1=O. The number of hydrogen-bond donors (Lipinski definition) is 1. The second-order valence-corrected chi connectivity index (χ2v) is 5.08. The molecule has 3 aromatic rings. The quantitative estimate of drug-likeness (QED) is 0.443. The molecule has 0 amide bonds. The summed E-state index contributed by atoms with van der Waals surface area (Å²) in [5, 5.41) is 11.3. The van der Waals surface area contributed by atoms with E-state index in [1.807, 2.05) is 0 Å². The summed E-state index contributed by atoms with van der Waals surface area (Å²) < 4.78 is 0.622. The number of H-pyrrole nitrogens is 1. The zero-order valence-corrected chi connectivity index (χ0v) is 12.4. The van der Waals surface area contributed by atoms with Crippen molar-refractivity contribution in [2.24, 2.45) is 0 Å². The van der Waals surface area contributed by atoms with E-state index in [4.69, 9.17) is 12.2 Å². The molecule has 1 N–H and O–H groups in total. The van der Waals surface area contributed by atoms with Gasteiger partial charge in [-0.15, -0.1) is 0 Å². The number of benzene rings is 2. The molecule has 3 rings (SSSR count). The number of carbonyl (C=O) groups is 1. The van der Waals surface area contributed by atoms with Crippen LogP contribution in [0.1, 0.15) is 10.4 Å². The van der Waals surface area contributed by atoms with E-state index in [0.29, 0.717) is 5.52 Å². The standard InChI is InChI=1S/C15H9N3O4S/c19-13-9-5-1-3-7-11(9)16-15(23)17(13)14(20)10-6-2-4-8-12(10)18(21)22/h1-8H,(H,16,23). The van der Waals surface area contributed by atoms with Gasteiger partial charge >= 0.3 is 0 Å². The molecular formula is C15H9N3O4S. The Bertz CT molecular complexity index is 1070. The van der Waals surface area contributed by atoms with Gasteiger partial charge in [-0.05, 0) is 30.4 Å². The van der Waals surface area contributed by atoms with Gasteiger partial charge in [-0.3, -0.25) is 19.7 Å². The number of hydrogen-bond acceptors (Lipinski definition) is 5. The lowest BCUT2D eigenvalue weighted by Gasteiger charge is -2.07. The predicted molar refractivity (Wildman–Crippen MR) is 86.2 cm³/mol. The molecule has 0 saturated carbocycles. The minimum Gasteiger partial charge on any atom is -0.331 e. The highest BCUT2D eigenvalue weighted by Crippen LogP contribution is 2.19. The molecule has 0 unspecified atom stereocenters. The maximum absolute atomic E-state index is 12.6. The van der Waals surface area contributed by atoms with E-state index in [0.717, 1.165) is 4.57 Å². The normalized spacial score (nSPS) is 10.6. The maximum atomic E-state index is 12.6. The minimum absolute atomic E-state index is 0.114. The van der Waals surface area contributed by atoms with Crippen molar-refractivity contribution in [3.63, 3.8) is 0 Å². The summed E-state index contributed by atoms with van der Waals surface area (Å²) in [6, 6.07) is 12.0. The second-order valence-electron chi connectivity index (χ2n) is 4.70. The van der Waals surface area contributed by atoms with Gasteiger partial charge in [0.1, 0.15) is 5.56 Å². The Morgan fingerprint density at radius 3 is 2.52 bits per heavy atom. The molecule has 1 aromatic heterocycles. The monoisotopic (exact) mass is 327 g/mol. The zero-order valence-electron chi connectivity index (χ0n) is 11.6. The van der Waals surface area contributed by atoms with Crippen LogP contribution < -0.4 is 5.56 Å². The molecule has 8 heteroatoms. The van der Waals surface area contributed by atoms with Crippen molar-refractivity contribution >= 4 is 34.7 Å². The van der Waals surface area contributed by atoms with Crippen molar-refractivity contribution in [2.75, 3.05) is 0 Å². The smallest absolute Gasteiger partial charge is 0.282 e. The number of para-hydroxylation sites is 2. The van der Waals surface area contributed by atoms with Gasteiger partial charge < -0.3 is 4.98 Å². The summed E-state index contributed by atoms with van der Waals surface area (Å²) in [6.45, 7) is 0. The van der Waals surface area contributed by atoms with Crippen LogP contribution in [0.2, 0.25) is 0 Å². The number of rotatable bonds is 2. The van der Waals surface area contributed by atoms with Gasteiger partial charge in [0, 0.05) is 6.07 Å². The largest absolute Gasteiger partial charge is 0.331 e. The highest BCUT2D eigenvalue weighted by molar-refractivity contribution is 7.71. The van der Waals surface area contributed by atoms with Gasteiger partial charge in [0.05, 0.1) is 15.8 Å². The lowest BCUT2D eigenvalue weighted by atomic mass is 10.1. The van der Waals surface area contributed by atoms with E-state index in [2.05, 4.69) is 4.98 Å². The van der Waals surface area contributed by atoms with Crippen LogP contribution in [-0.4, -0.2) is 20.4 Å². The summed E-state index contributed by atoms with van der Waals surface area (Å²) in [7, 11) is 0. The molecule has 7 nitrogen and oxygen atoms in total. The lowest BCUT2D eigenvalue weighted by Crippen LogP contribution is -2.29. The van der Waals surface area contributed by atoms with Crippen LogP contribution in [0.3, 0.4) is 0 Å². The van der Waals surface area contributed by atoms with Crippen molar-refractivity contribution in [2.45, 2.75) is 0 Å². The first-order valence-corrected chi connectivity index (χ1v) is 6.93. The first kappa shape index (κ1) is 14.8. The van der Waals surface area contributed by atoms with E-state index in [1.54, 1.807) is 24.3 Å². The van der Waals surface area contributed by atoms with E-state index in [9.17, 15) is 19.7 Å². The van der Waals surface area contributed by atoms with Gasteiger partial charge in [0.15, 0.2) is 4.77 Å². The van der Waals surface area contributed by atoms with Crippen LogP contribution in [0, 0.1) is 14.9 Å². The maximum Gasteiger partial charge on any atom is 0.282 e. The van der Waals surface area contributed by atoms with Crippen LogP contribution in [0.25, 0.3) is 10.9 Å². The molecular weight excluding hydrogens is 318 g/mol. The molecule has 0 aliphatic heterocycles. The third-order valence-corrected chi connectivity index (χ3v) is 3.62. The number of aromatic amines is 1. The predicted octanol–water partition coefficient (Wildman–Crippen LogP) is 2.66. The Morgan fingerprint density at radius 1 is 1.13 bits per heavy atom. The van der Waals surface area contributed by atoms with Gasteiger partial charge in [-0.1, -0.05) is 24.3 Å². The number of carbonyl (C=O) groups excluding carboxylic acids is 1. The second kappa shape index (κ2) is 5.58. The van der Waals surface area contributed by atoms with Gasteiger partial charge in [-0.2, -0.15) is 0 Å². The molecule has 23 heavy (non-hydrogen) atoms. The summed E-state index contributed by atoms with van der Waals surface area (Å²) in [5.41, 5.74) is -0.706. The van der Waals surface area contributed by atoms with Crippen molar-refractivity contribution in [1.29, 1.82) is 0 Å². The fourth-order valence-corrected chi connectivity index (χ4v) is 2.56. The van der Waals surface area contributed by atoms with E-state index >= 15 is 0 Å². The first-order valence-electron chi connectivity index (χ1n) is 6.53. The molecule has 0 aliphatic rings. The molecule has 0 saturated heterocycles. The third kappa shape index (κ3) is 2.44. The fraction of sp³-hybridized carbons (Fsp3) is 0. The van der Waals surface area contributed by atoms with E-state index < -0.39 is 16.4 Å². The van der Waals surface area contributed by atoms with Crippen molar-refractivity contribution in [3.8, 4) is 0 Å². The summed E-state index contributed by atoms with van der Waals surface area (Å²) >= 11 is 5.07. The number of fused-ring (bicyclic) bond motifs is 1. The molecule has 114 valence electrons. The number of nitro groups is 1. The topological polar surface area (TPSA) is 98.0 Å². The Balaban J connectivity index is 2.30. The number of aromatic nitrogens is 2. The minimum atomic E-state index is -0.839. The molecule has 0 atom stereocenters. The molecule has 0 spiro atoms. The number of nitrogens with zero attached hydrogens (tertiary/aromatic N) is 2. The Kier molecular flexibility index (Phi) is 3.59. The van der Waals surface area contributed by atoms with Crippen molar-refractivity contribution in [1.82, 2.24) is 9.55 Å². The van der Waals surface area contributed by atoms with Crippen LogP contribution in [0.15, 0.2) is 53.3 Å². The van der Waals surface area contributed by atoms with Crippen LogP contribution in [-0.2, 0) is 0 Å². The van der Waals surface area contributed by atoms with E-state index in [-0.39, 0.29) is 21.4 Å². The van der Waals surface area contributed by atoms with Gasteiger partial charge in [-0.25, -0.2) is 4.57 Å². The first-order chi connectivity index (χ1) is 11.0. The Hall–Kier alpha value is -3.13. The molecule has 2 aromatic carbocycles.